The number of nitrogens with one attached hydrogen (secondary N) is 3. The van der Waals surface area contributed by atoms with Gasteiger partial charge in [0.25, 0.3) is 0 Å². The van der Waals surface area contributed by atoms with Gasteiger partial charge < -0.3 is 25.3 Å². The van der Waals surface area contributed by atoms with Crippen molar-refractivity contribution in [3.05, 3.63) is 36.7 Å². The van der Waals surface area contributed by atoms with E-state index in [0.717, 1.165) is 73.2 Å². The monoisotopic (exact) mass is 392 g/mol. The van der Waals surface area contributed by atoms with Gasteiger partial charge in [-0.05, 0) is 56.1 Å². The number of morpholine rings is 1. The Morgan fingerprint density at radius 3 is 2.76 bits per heavy atom. The number of aromatic amines is 1. The highest BCUT2D eigenvalue weighted by molar-refractivity contribution is 5.92. The van der Waals surface area contributed by atoms with E-state index < -0.39 is 0 Å². The van der Waals surface area contributed by atoms with Crippen molar-refractivity contribution in [3.63, 3.8) is 0 Å². The Balaban J connectivity index is 1.36. The van der Waals surface area contributed by atoms with Crippen LogP contribution in [0.2, 0.25) is 0 Å². The first-order valence-corrected chi connectivity index (χ1v) is 10.5. The summed E-state index contributed by atoms with van der Waals surface area (Å²) < 4.78 is 5.48. The molecule has 5 rings (SSSR count). The summed E-state index contributed by atoms with van der Waals surface area (Å²) in [6.45, 7) is 7.72. The van der Waals surface area contributed by atoms with Gasteiger partial charge in [0.05, 0.1) is 18.6 Å². The Morgan fingerprint density at radius 1 is 1.17 bits per heavy atom. The minimum absolute atomic E-state index is 0.468. The van der Waals surface area contributed by atoms with E-state index in [2.05, 4.69) is 67.7 Å². The molecule has 152 valence electrons. The minimum atomic E-state index is 0.468. The SMILES string of the molecule is CC(Nc1ccc(-c2cc3c(N4CCOCC4)ncnc3[nH]2)cc1)[C@H]1CCNC1. The molecule has 29 heavy (non-hydrogen) atoms. The standard InChI is InChI=1S/C22H28N6O/c1-15(17-6-7-23-13-17)26-18-4-2-16(3-5-18)20-12-19-21(27-20)24-14-25-22(19)28-8-10-29-11-9-28/h2-5,12,14-15,17,23,26H,6-11,13H2,1H3,(H,24,25,27)/t15?,17-/m0/s1. The van der Waals surface area contributed by atoms with Gasteiger partial charge in [-0.1, -0.05) is 12.1 Å². The Kier molecular flexibility index (Phi) is 5.08. The van der Waals surface area contributed by atoms with Gasteiger partial charge in [-0.2, -0.15) is 0 Å². The maximum atomic E-state index is 5.48. The van der Waals surface area contributed by atoms with Crippen molar-refractivity contribution < 1.29 is 4.74 Å². The van der Waals surface area contributed by atoms with Gasteiger partial charge in [-0.3, -0.25) is 0 Å². The lowest BCUT2D eigenvalue weighted by atomic mass is 10.0. The number of aromatic nitrogens is 3. The van der Waals surface area contributed by atoms with E-state index in [1.807, 2.05) is 0 Å². The fourth-order valence-electron chi connectivity index (χ4n) is 4.34. The van der Waals surface area contributed by atoms with E-state index in [0.29, 0.717) is 12.0 Å². The van der Waals surface area contributed by atoms with Gasteiger partial charge in [-0.15, -0.1) is 0 Å². The lowest BCUT2D eigenvalue weighted by Gasteiger charge is -2.27. The summed E-state index contributed by atoms with van der Waals surface area (Å²) in [4.78, 5) is 14.7. The predicted octanol–water partition coefficient (Wildman–Crippen LogP) is 2.87. The zero-order valence-corrected chi connectivity index (χ0v) is 16.8. The van der Waals surface area contributed by atoms with Gasteiger partial charge >= 0.3 is 0 Å². The molecule has 2 saturated heterocycles. The van der Waals surface area contributed by atoms with Crippen molar-refractivity contribution in [1.29, 1.82) is 0 Å². The summed E-state index contributed by atoms with van der Waals surface area (Å²) >= 11 is 0. The molecule has 2 aliphatic heterocycles. The first kappa shape index (κ1) is 18.4. The van der Waals surface area contributed by atoms with E-state index in [4.69, 9.17) is 4.74 Å². The number of benzene rings is 1. The maximum Gasteiger partial charge on any atom is 0.143 e. The van der Waals surface area contributed by atoms with Crippen LogP contribution in [-0.2, 0) is 4.74 Å². The maximum absolute atomic E-state index is 5.48. The van der Waals surface area contributed by atoms with Crippen LogP contribution in [0.15, 0.2) is 36.7 Å². The van der Waals surface area contributed by atoms with Gasteiger partial charge in [-0.25, -0.2) is 9.97 Å². The van der Waals surface area contributed by atoms with Crippen LogP contribution in [0.3, 0.4) is 0 Å². The van der Waals surface area contributed by atoms with Crippen molar-refractivity contribution in [3.8, 4) is 11.3 Å². The average molecular weight is 393 g/mol. The minimum Gasteiger partial charge on any atom is -0.382 e. The summed E-state index contributed by atoms with van der Waals surface area (Å²) in [5, 5.41) is 8.16. The van der Waals surface area contributed by atoms with Gasteiger partial charge in [0.2, 0.25) is 0 Å². The molecule has 3 N–H and O–H groups in total. The molecule has 1 aromatic carbocycles. The van der Waals surface area contributed by atoms with Crippen LogP contribution in [0.25, 0.3) is 22.3 Å². The average Bonchev–Trinajstić information content (AvgIpc) is 3.45. The number of anilines is 2. The Bertz CT molecular complexity index is 957. The van der Waals surface area contributed by atoms with Crippen molar-refractivity contribution >= 4 is 22.5 Å². The summed E-state index contributed by atoms with van der Waals surface area (Å²) in [5.74, 6) is 1.68. The largest absolute Gasteiger partial charge is 0.382 e. The van der Waals surface area contributed by atoms with E-state index in [9.17, 15) is 0 Å². The molecule has 0 amide bonds. The normalized spacial score (nSPS) is 20.9. The third kappa shape index (κ3) is 3.80. The van der Waals surface area contributed by atoms with Crippen LogP contribution in [0.4, 0.5) is 11.5 Å². The van der Waals surface area contributed by atoms with Crippen LogP contribution in [-0.4, -0.2) is 60.4 Å². The second kappa shape index (κ2) is 8.00. The fourth-order valence-corrected chi connectivity index (χ4v) is 4.34. The number of ether oxygens (including phenoxy) is 1. The number of hydrogen-bond acceptors (Lipinski definition) is 6. The van der Waals surface area contributed by atoms with E-state index in [-0.39, 0.29) is 0 Å². The second-order valence-electron chi connectivity index (χ2n) is 8.01. The molecular weight excluding hydrogens is 364 g/mol. The molecule has 2 aliphatic rings. The molecule has 0 bridgehead atoms. The van der Waals surface area contributed by atoms with E-state index in [1.54, 1.807) is 6.33 Å². The molecule has 2 atom stereocenters. The fraction of sp³-hybridized carbons (Fsp3) is 0.455. The van der Waals surface area contributed by atoms with Crippen molar-refractivity contribution in [1.82, 2.24) is 20.3 Å². The predicted molar refractivity (Wildman–Crippen MR) is 116 cm³/mol. The topological polar surface area (TPSA) is 78.1 Å². The highest BCUT2D eigenvalue weighted by Gasteiger charge is 2.21. The number of nitrogens with zero attached hydrogens (tertiary/aromatic N) is 3. The smallest absolute Gasteiger partial charge is 0.143 e. The summed E-state index contributed by atoms with van der Waals surface area (Å²) in [5.41, 5.74) is 4.25. The molecule has 0 aliphatic carbocycles. The Morgan fingerprint density at radius 2 is 2.00 bits per heavy atom. The van der Waals surface area contributed by atoms with Crippen LogP contribution in [0.1, 0.15) is 13.3 Å². The molecule has 4 heterocycles. The molecule has 0 saturated carbocycles. The molecule has 1 unspecified atom stereocenters. The number of H-pyrrole nitrogens is 1. The van der Waals surface area contributed by atoms with Crippen molar-refractivity contribution in [2.75, 3.05) is 49.6 Å². The molecular formula is C22H28N6O. The van der Waals surface area contributed by atoms with Gasteiger partial charge in [0.15, 0.2) is 0 Å². The molecule has 0 spiro atoms. The van der Waals surface area contributed by atoms with Crippen LogP contribution in [0.5, 0.6) is 0 Å². The van der Waals surface area contributed by atoms with Crippen LogP contribution in [0, 0.1) is 5.92 Å². The molecule has 7 heteroatoms. The highest BCUT2D eigenvalue weighted by atomic mass is 16.5. The van der Waals surface area contributed by atoms with E-state index in [1.165, 1.54) is 6.42 Å². The Labute approximate surface area is 170 Å². The zero-order chi connectivity index (χ0) is 19.6. The van der Waals surface area contributed by atoms with Crippen LogP contribution < -0.4 is 15.5 Å². The molecule has 7 nitrogen and oxygen atoms in total. The highest BCUT2D eigenvalue weighted by Crippen LogP contribution is 2.30. The summed E-state index contributed by atoms with van der Waals surface area (Å²) in [7, 11) is 0. The number of hydrogen-bond donors (Lipinski definition) is 3. The number of fused-ring (bicyclic) bond motifs is 1. The third-order valence-corrected chi connectivity index (χ3v) is 6.11. The molecule has 3 aromatic rings. The molecule has 2 aromatic heterocycles. The second-order valence-corrected chi connectivity index (χ2v) is 8.01. The Hall–Kier alpha value is -2.64. The van der Waals surface area contributed by atoms with Crippen molar-refractivity contribution in [2.45, 2.75) is 19.4 Å². The van der Waals surface area contributed by atoms with Gasteiger partial charge in [0, 0.05) is 30.5 Å². The van der Waals surface area contributed by atoms with Crippen LogP contribution >= 0.6 is 0 Å². The lowest BCUT2D eigenvalue weighted by molar-refractivity contribution is 0.122. The summed E-state index contributed by atoms with van der Waals surface area (Å²) in [6.07, 6.45) is 2.88. The summed E-state index contributed by atoms with van der Waals surface area (Å²) in [6, 6.07) is 11.3. The quantitative estimate of drug-likeness (QED) is 0.620. The van der Waals surface area contributed by atoms with E-state index >= 15 is 0 Å². The molecule has 2 fully saturated rings. The van der Waals surface area contributed by atoms with Crippen molar-refractivity contribution in [2.24, 2.45) is 5.92 Å². The first-order chi connectivity index (χ1) is 14.3. The third-order valence-electron chi connectivity index (χ3n) is 6.11. The number of rotatable bonds is 5. The zero-order valence-electron chi connectivity index (χ0n) is 16.8. The lowest BCUT2D eigenvalue weighted by Crippen LogP contribution is -2.36. The van der Waals surface area contributed by atoms with Gasteiger partial charge in [0.1, 0.15) is 17.8 Å². The first-order valence-electron chi connectivity index (χ1n) is 10.5. The molecule has 0 radical (unpaired) electrons.